The quantitative estimate of drug-likeness (QED) is 0.210. The fourth-order valence-electron chi connectivity index (χ4n) is 4.98. The summed E-state index contributed by atoms with van der Waals surface area (Å²) in [7, 11) is 0. The van der Waals surface area contributed by atoms with E-state index in [1.165, 1.54) is 42.4 Å². The lowest BCUT2D eigenvalue weighted by Gasteiger charge is -2.27. The van der Waals surface area contributed by atoms with Gasteiger partial charge in [0.05, 0.1) is 6.61 Å². The van der Waals surface area contributed by atoms with E-state index in [1.807, 2.05) is 6.92 Å². The van der Waals surface area contributed by atoms with Crippen molar-refractivity contribution < 1.29 is 13.5 Å². The summed E-state index contributed by atoms with van der Waals surface area (Å²) in [6.45, 7) is 6.38. The van der Waals surface area contributed by atoms with E-state index in [0.29, 0.717) is 36.8 Å². The molecule has 0 radical (unpaired) electrons. The first-order valence-electron chi connectivity index (χ1n) is 13.0. The van der Waals surface area contributed by atoms with Crippen molar-refractivity contribution in [3.8, 4) is 16.9 Å². The number of hydrogen-bond acceptors (Lipinski definition) is 1. The fourth-order valence-corrected chi connectivity index (χ4v) is 4.98. The number of aryl methyl sites for hydroxylation is 2. The molecule has 35 heavy (non-hydrogen) atoms. The van der Waals surface area contributed by atoms with Gasteiger partial charge in [0.2, 0.25) is 5.82 Å². The van der Waals surface area contributed by atoms with Gasteiger partial charge in [-0.25, -0.2) is 4.39 Å². The Kier molecular flexibility index (Phi) is 8.74. The average molecular weight is 475 g/mol. The van der Waals surface area contributed by atoms with Crippen molar-refractivity contribution in [3.63, 3.8) is 0 Å². The molecule has 0 spiro atoms. The molecule has 0 unspecified atom stereocenters. The van der Waals surface area contributed by atoms with Gasteiger partial charge in [0.1, 0.15) is 0 Å². The van der Waals surface area contributed by atoms with E-state index >= 15 is 0 Å². The maximum Gasteiger partial charge on any atom is 0.200 e. The van der Waals surface area contributed by atoms with Crippen molar-refractivity contribution >= 4 is 0 Å². The zero-order chi connectivity index (χ0) is 24.6. The molecule has 1 fully saturated rings. The van der Waals surface area contributed by atoms with Crippen LogP contribution in [0, 0.1) is 17.6 Å². The minimum Gasteiger partial charge on any atom is -0.490 e. The SMILES string of the molecule is C=CC1CCC(c2ccc(-c3ccc(CCc4ccc(OCCCC)c(F)c4F)cc3)cc2)CC1. The molecule has 0 bridgehead atoms. The predicted molar refractivity (Wildman–Crippen MR) is 141 cm³/mol. The van der Waals surface area contributed by atoms with Crippen LogP contribution in [0.4, 0.5) is 8.78 Å². The van der Waals surface area contributed by atoms with Crippen LogP contribution < -0.4 is 4.74 Å². The summed E-state index contributed by atoms with van der Waals surface area (Å²) >= 11 is 0. The lowest BCUT2D eigenvalue weighted by molar-refractivity contribution is 0.288. The Morgan fingerprint density at radius 3 is 2.11 bits per heavy atom. The first kappa shape index (κ1) is 25.2. The first-order chi connectivity index (χ1) is 17.1. The molecule has 0 amide bonds. The lowest BCUT2D eigenvalue weighted by atomic mass is 9.78. The third-order valence-corrected chi connectivity index (χ3v) is 7.34. The standard InChI is InChI=1S/C32H36F2O/c1-3-5-22-35-30-21-20-29(31(33)32(30)34)15-10-24-8-13-26(14-9-24)28-18-16-27(17-19-28)25-11-6-23(4-2)7-12-25/h4,8-9,13-14,16-21,23,25H,2-3,5-7,10-12,15,22H2,1H3. The van der Waals surface area contributed by atoms with Crippen molar-refractivity contribution in [2.24, 2.45) is 5.92 Å². The molecule has 0 atom stereocenters. The Morgan fingerprint density at radius 1 is 0.829 bits per heavy atom. The molecular weight excluding hydrogens is 438 g/mol. The number of benzene rings is 3. The second-order valence-electron chi connectivity index (χ2n) is 9.72. The van der Waals surface area contributed by atoms with E-state index < -0.39 is 11.6 Å². The predicted octanol–water partition coefficient (Wildman–Crippen LogP) is 9.06. The number of rotatable bonds is 10. The van der Waals surface area contributed by atoms with Crippen LogP contribution in [-0.4, -0.2) is 6.61 Å². The van der Waals surface area contributed by atoms with Crippen molar-refractivity contribution in [2.45, 2.75) is 64.2 Å². The Hall–Kier alpha value is -2.94. The van der Waals surface area contributed by atoms with Gasteiger partial charge in [0.15, 0.2) is 11.6 Å². The fraction of sp³-hybridized carbons (Fsp3) is 0.375. The van der Waals surface area contributed by atoms with E-state index in [0.717, 1.165) is 18.4 Å². The highest BCUT2D eigenvalue weighted by molar-refractivity contribution is 5.64. The smallest absolute Gasteiger partial charge is 0.200 e. The summed E-state index contributed by atoms with van der Waals surface area (Å²) < 4.78 is 34.2. The number of ether oxygens (including phenoxy) is 1. The summed E-state index contributed by atoms with van der Waals surface area (Å²) in [5.41, 5.74) is 5.29. The number of allylic oxidation sites excluding steroid dienone is 1. The molecule has 3 aromatic carbocycles. The van der Waals surface area contributed by atoms with Gasteiger partial charge in [-0.1, -0.05) is 74.0 Å². The maximum absolute atomic E-state index is 14.5. The van der Waals surface area contributed by atoms with Gasteiger partial charge in [-0.3, -0.25) is 0 Å². The Morgan fingerprint density at radius 2 is 1.49 bits per heavy atom. The van der Waals surface area contributed by atoms with Gasteiger partial charge in [-0.15, -0.1) is 6.58 Å². The van der Waals surface area contributed by atoms with Gasteiger partial charge in [-0.05, 0) is 90.7 Å². The molecule has 1 saturated carbocycles. The Bertz CT molecular complexity index is 1090. The second kappa shape index (κ2) is 12.2. The van der Waals surface area contributed by atoms with Gasteiger partial charge in [0, 0.05) is 0 Å². The highest BCUT2D eigenvalue weighted by Gasteiger charge is 2.20. The van der Waals surface area contributed by atoms with Crippen LogP contribution in [-0.2, 0) is 12.8 Å². The molecule has 0 saturated heterocycles. The molecule has 1 aliphatic carbocycles. The van der Waals surface area contributed by atoms with Crippen molar-refractivity contribution in [1.29, 1.82) is 0 Å². The Balaban J connectivity index is 1.34. The van der Waals surface area contributed by atoms with Crippen LogP contribution in [0.3, 0.4) is 0 Å². The van der Waals surface area contributed by atoms with Crippen LogP contribution in [0.2, 0.25) is 0 Å². The van der Waals surface area contributed by atoms with E-state index in [9.17, 15) is 8.78 Å². The van der Waals surface area contributed by atoms with Crippen LogP contribution in [0.1, 0.15) is 68.1 Å². The summed E-state index contributed by atoms with van der Waals surface area (Å²) in [6.07, 6.45) is 9.93. The zero-order valence-corrected chi connectivity index (χ0v) is 20.7. The van der Waals surface area contributed by atoms with Crippen molar-refractivity contribution in [3.05, 3.63) is 102 Å². The Labute approximate surface area is 208 Å². The van der Waals surface area contributed by atoms with Crippen LogP contribution >= 0.6 is 0 Å². The van der Waals surface area contributed by atoms with E-state index in [-0.39, 0.29) is 5.75 Å². The summed E-state index contributed by atoms with van der Waals surface area (Å²) in [4.78, 5) is 0. The molecule has 0 aromatic heterocycles. The highest BCUT2D eigenvalue weighted by atomic mass is 19.2. The first-order valence-corrected chi connectivity index (χ1v) is 13.0. The third kappa shape index (κ3) is 6.39. The average Bonchev–Trinajstić information content (AvgIpc) is 2.91. The van der Waals surface area contributed by atoms with Crippen LogP contribution in [0.15, 0.2) is 73.3 Å². The summed E-state index contributed by atoms with van der Waals surface area (Å²) in [5.74, 6) is -0.340. The van der Waals surface area contributed by atoms with Crippen molar-refractivity contribution in [1.82, 2.24) is 0 Å². The molecular formula is C32H36F2O. The lowest BCUT2D eigenvalue weighted by Crippen LogP contribution is -2.11. The summed E-state index contributed by atoms with van der Waals surface area (Å²) in [5, 5.41) is 0. The van der Waals surface area contributed by atoms with Gasteiger partial charge < -0.3 is 4.74 Å². The molecule has 0 aliphatic heterocycles. The van der Waals surface area contributed by atoms with E-state index in [2.05, 4.69) is 61.2 Å². The van der Waals surface area contributed by atoms with Gasteiger partial charge >= 0.3 is 0 Å². The molecule has 0 heterocycles. The molecule has 1 nitrogen and oxygen atoms in total. The molecule has 3 aromatic rings. The van der Waals surface area contributed by atoms with Gasteiger partial charge in [-0.2, -0.15) is 4.39 Å². The molecule has 3 heteroatoms. The minimum absolute atomic E-state index is 0.000448. The number of halogens is 2. The second-order valence-corrected chi connectivity index (χ2v) is 9.72. The van der Waals surface area contributed by atoms with E-state index in [1.54, 1.807) is 12.1 Å². The molecule has 1 aliphatic rings. The largest absolute Gasteiger partial charge is 0.490 e. The zero-order valence-electron chi connectivity index (χ0n) is 20.7. The topological polar surface area (TPSA) is 9.23 Å². The molecule has 184 valence electrons. The summed E-state index contributed by atoms with van der Waals surface area (Å²) in [6, 6.07) is 20.5. The van der Waals surface area contributed by atoms with E-state index in [4.69, 9.17) is 4.74 Å². The monoisotopic (exact) mass is 474 g/mol. The maximum atomic E-state index is 14.5. The van der Waals surface area contributed by atoms with Gasteiger partial charge in [0.25, 0.3) is 0 Å². The normalized spacial score (nSPS) is 17.8. The number of hydrogen-bond donors (Lipinski definition) is 0. The third-order valence-electron chi connectivity index (χ3n) is 7.34. The van der Waals surface area contributed by atoms with Crippen LogP contribution in [0.25, 0.3) is 11.1 Å². The number of unbranched alkanes of at least 4 members (excludes halogenated alkanes) is 1. The minimum atomic E-state index is -0.883. The molecule has 4 rings (SSSR count). The molecule has 0 N–H and O–H groups in total. The highest BCUT2D eigenvalue weighted by Crippen LogP contribution is 2.36. The van der Waals surface area contributed by atoms with Crippen LogP contribution in [0.5, 0.6) is 5.75 Å². The van der Waals surface area contributed by atoms with Crippen molar-refractivity contribution in [2.75, 3.05) is 6.61 Å².